The molecule has 0 saturated carbocycles. The SMILES string of the molecule is CN1CC=CC(C2CN(C3CCN(Cc4ccc(C#N)cc4)CC3)CCN2Cc2ccc(C(F)(F)F)cc2)=C1C(N)=O. The van der Waals surface area contributed by atoms with E-state index in [0.717, 1.165) is 68.8 Å². The number of piperazine rings is 1. The fraction of sp³-hybridized carbons (Fsp3) is 0.438. The third-order valence-corrected chi connectivity index (χ3v) is 8.68. The molecule has 1 atom stereocenters. The lowest BCUT2D eigenvalue weighted by molar-refractivity contribution is -0.137. The minimum Gasteiger partial charge on any atom is -0.366 e. The molecule has 0 aliphatic carbocycles. The van der Waals surface area contributed by atoms with E-state index in [9.17, 15) is 18.0 Å². The van der Waals surface area contributed by atoms with Crippen molar-refractivity contribution in [3.05, 3.63) is 94.2 Å². The van der Waals surface area contributed by atoms with Gasteiger partial charge in [0, 0.05) is 52.4 Å². The van der Waals surface area contributed by atoms with Crippen LogP contribution >= 0.6 is 0 Å². The van der Waals surface area contributed by atoms with E-state index >= 15 is 0 Å². The van der Waals surface area contributed by atoms with Crippen LogP contribution in [0.5, 0.6) is 0 Å². The first kappa shape index (κ1) is 29.8. The number of carbonyl (C=O) groups is 1. The molecule has 0 spiro atoms. The van der Waals surface area contributed by atoms with Crippen LogP contribution in [0.4, 0.5) is 13.2 Å². The maximum Gasteiger partial charge on any atom is 0.416 e. The molecule has 0 aromatic heterocycles. The van der Waals surface area contributed by atoms with Gasteiger partial charge in [-0.05, 0) is 66.9 Å². The van der Waals surface area contributed by atoms with Crippen molar-refractivity contribution in [1.82, 2.24) is 19.6 Å². The molecule has 42 heavy (non-hydrogen) atoms. The highest BCUT2D eigenvalue weighted by Gasteiger charge is 2.37. The molecule has 222 valence electrons. The molecule has 1 unspecified atom stereocenters. The summed E-state index contributed by atoms with van der Waals surface area (Å²) in [6, 6.07) is 15.6. The van der Waals surface area contributed by atoms with Gasteiger partial charge in [-0.15, -0.1) is 0 Å². The molecule has 2 fully saturated rings. The second-order valence-corrected chi connectivity index (χ2v) is 11.4. The fourth-order valence-corrected chi connectivity index (χ4v) is 6.40. The van der Waals surface area contributed by atoms with Gasteiger partial charge in [-0.3, -0.25) is 19.5 Å². The van der Waals surface area contributed by atoms with Gasteiger partial charge in [-0.1, -0.05) is 36.4 Å². The summed E-state index contributed by atoms with van der Waals surface area (Å²) in [7, 11) is 1.86. The Balaban J connectivity index is 1.30. The summed E-state index contributed by atoms with van der Waals surface area (Å²) < 4.78 is 39.4. The predicted molar refractivity (Wildman–Crippen MR) is 155 cm³/mol. The molecule has 2 N–H and O–H groups in total. The first-order valence-electron chi connectivity index (χ1n) is 14.4. The van der Waals surface area contributed by atoms with Crippen LogP contribution in [0.15, 0.2) is 72.0 Å². The van der Waals surface area contributed by atoms with Gasteiger partial charge < -0.3 is 10.6 Å². The molecule has 2 saturated heterocycles. The Labute approximate surface area is 245 Å². The molecule has 2 aromatic carbocycles. The number of piperidine rings is 1. The summed E-state index contributed by atoms with van der Waals surface area (Å²) in [6.45, 7) is 6.15. The number of likely N-dealkylation sites (N-methyl/N-ethyl adjacent to an activating group) is 1. The van der Waals surface area contributed by atoms with Crippen LogP contribution in [0.2, 0.25) is 0 Å². The van der Waals surface area contributed by atoms with Gasteiger partial charge in [0.15, 0.2) is 0 Å². The number of hydrogen-bond donors (Lipinski definition) is 1. The van der Waals surface area contributed by atoms with Gasteiger partial charge in [0.25, 0.3) is 5.91 Å². The Bertz CT molecular complexity index is 1350. The van der Waals surface area contributed by atoms with Crippen molar-refractivity contribution < 1.29 is 18.0 Å². The number of amides is 1. The van der Waals surface area contributed by atoms with Crippen LogP contribution < -0.4 is 5.73 Å². The maximum atomic E-state index is 13.1. The molecule has 0 bridgehead atoms. The second-order valence-electron chi connectivity index (χ2n) is 11.4. The van der Waals surface area contributed by atoms with Crippen LogP contribution in [0.3, 0.4) is 0 Å². The number of nitriles is 1. The Morgan fingerprint density at radius 2 is 1.62 bits per heavy atom. The van der Waals surface area contributed by atoms with Crippen molar-refractivity contribution in [2.24, 2.45) is 5.73 Å². The highest BCUT2D eigenvalue weighted by Crippen LogP contribution is 2.31. The van der Waals surface area contributed by atoms with E-state index in [1.165, 1.54) is 5.56 Å². The standard InChI is InChI=1S/C32H37F3N6O/c1-38-14-2-3-28(30(38)31(37)42)29-22-40(17-18-41(29)21-25-8-10-26(11-9-25)32(33,34)35)27-12-15-39(16-13-27)20-24-6-4-23(19-36)5-7-24/h2-11,27,29H,12-18,20-22H2,1H3,(H2,37,42). The number of rotatable bonds is 7. The van der Waals surface area contributed by atoms with E-state index in [1.54, 1.807) is 12.1 Å². The minimum absolute atomic E-state index is 0.126. The predicted octanol–water partition coefficient (Wildman–Crippen LogP) is 3.97. The average Bonchev–Trinajstić information content (AvgIpc) is 2.98. The van der Waals surface area contributed by atoms with E-state index in [2.05, 4.69) is 20.8 Å². The minimum atomic E-state index is -4.37. The highest BCUT2D eigenvalue weighted by molar-refractivity contribution is 5.93. The van der Waals surface area contributed by atoms with Crippen molar-refractivity contribution >= 4 is 5.91 Å². The smallest absolute Gasteiger partial charge is 0.366 e. The van der Waals surface area contributed by atoms with E-state index < -0.39 is 17.6 Å². The van der Waals surface area contributed by atoms with Gasteiger partial charge in [0.2, 0.25) is 0 Å². The lowest BCUT2D eigenvalue weighted by Gasteiger charge is -2.47. The number of primary amides is 1. The van der Waals surface area contributed by atoms with Crippen LogP contribution in [0, 0.1) is 11.3 Å². The number of nitrogens with two attached hydrogens (primary N) is 1. The van der Waals surface area contributed by atoms with E-state index in [0.29, 0.717) is 36.9 Å². The number of benzene rings is 2. The van der Waals surface area contributed by atoms with Gasteiger partial charge in [0.1, 0.15) is 5.70 Å². The Morgan fingerprint density at radius 1 is 0.976 bits per heavy atom. The van der Waals surface area contributed by atoms with Crippen molar-refractivity contribution in [3.63, 3.8) is 0 Å². The molecule has 1 amide bonds. The lowest BCUT2D eigenvalue weighted by atomic mass is 9.93. The van der Waals surface area contributed by atoms with E-state index in [1.807, 2.05) is 48.4 Å². The third kappa shape index (κ3) is 6.86. The molecule has 5 rings (SSSR count). The van der Waals surface area contributed by atoms with E-state index in [4.69, 9.17) is 11.0 Å². The number of nitrogens with zero attached hydrogens (tertiary/aromatic N) is 5. The summed E-state index contributed by atoms with van der Waals surface area (Å²) in [5, 5.41) is 9.05. The van der Waals surface area contributed by atoms with Gasteiger partial charge in [0.05, 0.1) is 23.2 Å². The molecule has 3 heterocycles. The molecule has 3 aliphatic rings. The zero-order chi connectivity index (χ0) is 29.9. The van der Waals surface area contributed by atoms with Crippen molar-refractivity contribution in [3.8, 4) is 6.07 Å². The Kier molecular flexibility index (Phi) is 9.02. The van der Waals surface area contributed by atoms with Crippen molar-refractivity contribution in [2.75, 3.05) is 46.3 Å². The zero-order valence-electron chi connectivity index (χ0n) is 23.9. The Hall–Kier alpha value is -3.65. The molecule has 0 radical (unpaired) electrons. The first-order chi connectivity index (χ1) is 20.1. The molecule has 2 aromatic rings. The molecule has 3 aliphatic heterocycles. The summed E-state index contributed by atoms with van der Waals surface area (Å²) >= 11 is 0. The van der Waals surface area contributed by atoms with Gasteiger partial charge in [-0.25, -0.2) is 0 Å². The molecule has 7 nitrogen and oxygen atoms in total. The number of likely N-dealkylation sites (tertiary alicyclic amines) is 1. The molecule has 10 heteroatoms. The zero-order valence-corrected chi connectivity index (χ0v) is 23.9. The number of alkyl halides is 3. The number of carbonyl (C=O) groups excluding carboxylic acids is 1. The van der Waals surface area contributed by atoms with Crippen LogP contribution in [0.1, 0.15) is 35.1 Å². The quantitative estimate of drug-likeness (QED) is 0.536. The van der Waals surface area contributed by atoms with E-state index in [-0.39, 0.29) is 6.04 Å². The Morgan fingerprint density at radius 3 is 2.24 bits per heavy atom. The molecular weight excluding hydrogens is 541 g/mol. The first-order valence-corrected chi connectivity index (χ1v) is 14.4. The topological polar surface area (TPSA) is 79.8 Å². The summed E-state index contributed by atoms with van der Waals surface area (Å²) in [5.74, 6) is -0.473. The highest BCUT2D eigenvalue weighted by atomic mass is 19.4. The summed E-state index contributed by atoms with van der Waals surface area (Å²) in [5.41, 5.74) is 9.22. The van der Waals surface area contributed by atoms with Crippen LogP contribution in [-0.4, -0.2) is 83.9 Å². The largest absolute Gasteiger partial charge is 0.416 e. The normalized spacial score (nSPS) is 21.5. The second kappa shape index (κ2) is 12.7. The average molecular weight is 579 g/mol. The number of halogens is 3. The van der Waals surface area contributed by atoms with Crippen LogP contribution in [0.25, 0.3) is 0 Å². The van der Waals surface area contributed by atoms with Gasteiger partial charge in [-0.2, -0.15) is 18.4 Å². The lowest BCUT2D eigenvalue weighted by Crippen LogP contribution is -2.58. The maximum absolute atomic E-state index is 13.1. The monoisotopic (exact) mass is 578 g/mol. The fourth-order valence-electron chi connectivity index (χ4n) is 6.40. The van der Waals surface area contributed by atoms with Crippen LogP contribution in [-0.2, 0) is 24.1 Å². The van der Waals surface area contributed by atoms with Crippen molar-refractivity contribution in [1.29, 1.82) is 5.26 Å². The summed E-state index contributed by atoms with van der Waals surface area (Å²) in [4.78, 5) is 21.6. The van der Waals surface area contributed by atoms with Gasteiger partial charge >= 0.3 is 6.18 Å². The number of hydrogen-bond acceptors (Lipinski definition) is 6. The van der Waals surface area contributed by atoms with Crippen molar-refractivity contribution in [2.45, 2.75) is 44.2 Å². The third-order valence-electron chi connectivity index (χ3n) is 8.68. The summed E-state index contributed by atoms with van der Waals surface area (Å²) in [6.07, 6.45) is 1.70. The molecular formula is C32H37F3N6O.